The average molecular weight is 430 g/mol. The van der Waals surface area contributed by atoms with Gasteiger partial charge in [-0.25, -0.2) is 0 Å². The molecule has 7 nitrogen and oxygen atoms in total. The lowest BCUT2D eigenvalue weighted by molar-refractivity contribution is -0.384. The van der Waals surface area contributed by atoms with E-state index in [4.69, 9.17) is 23.2 Å². The second-order valence-corrected chi connectivity index (χ2v) is 6.76. The van der Waals surface area contributed by atoms with Crippen molar-refractivity contribution in [3.8, 4) is 0 Å². The number of anilines is 2. The van der Waals surface area contributed by atoms with Gasteiger partial charge in [-0.3, -0.25) is 19.7 Å². The van der Waals surface area contributed by atoms with Gasteiger partial charge in [0.05, 0.1) is 15.5 Å². The first-order valence-corrected chi connectivity index (χ1v) is 9.01. The first-order chi connectivity index (χ1) is 13.8. The summed E-state index contributed by atoms with van der Waals surface area (Å²) in [5.74, 6) is -0.915. The molecule has 0 heterocycles. The highest BCUT2D eigenvalue weighted by molar-refractivity contribution is 6.34. The van der Waals surface area contributed by atoms with Crippen molar-refractivity contribution >= 4 is 52.1 Å². The van der Waals surface area contributed by atoms with Crippen LogP contribution < -0.4 is 10.6 Å². The third-order valence-corrected chi connectivity index (χ3v) is 4.46. The van der Waals surface area contributed by atoms with Crippen molar-refractivity contribution in [2.75, 3.05) is 10.6 Å². The van der Waals surface area contributed by atoms with Crippen LogP contribution in [0.2, 0.25) is 10.0 Å². The number of halogens is 2. The number of amides is 2. The Morgan fingerprint density at radius 1 is 0.828 bits per heavy atom. The fraction of sp³-hybridized carbons (Fsp3) is 0. The van der Waals surface area contributed by atoms with E-state index in [-0.39, 0.29) is 22.2 Å². The summed E-state index contributed by atoms with van der Waals surface area (Å²) in [7, 11) is 0. The maximum Gasteiger partial charge on any atom is 0.270 e. The summed E-state index contributed by atoms with van der Waals surface area (Å²) in [5, 5.41) is 16.8. The van der Waals surface area contributed by atoms with E-state index in [2.05, 4.69) is 10.6 Å². The first-order valence-electron chi connectivity index (χ1n) is 8.26. The van der Waals surface area contributed by atoms with Crippen molar-refractivity contribution in [3.63, 3.8) is 0 Å². The number of rotatable bonds is 5. The minimum atomic E-state index is -0.607. The maximum atomic E-state index is 12.4. The van der Waals surface area contributed by atoms with Crippen LogP contribution in [-0.4, -0.2) is 16.7 Å². The third-order valence-electron chi connectivity index (χ3n) is 3.89. The van der Waals surface area contributed by atoms with E-state index in [0.29, 0.717) is 22.0 Å². The third kappa shape index (κ3) is 5.10. The zero-order valence-corrected chi connectivity index (χ0v) is 16.2. The van der Waals surface area contributed by atoms with E-state index in [1.54, 1.807) is 48.5 Å². The topological polar surface area (TPSA) is 101 Å². The van der Waals surface area contributed by atoms with Crippen molar-refractivity contribution < 1.29 is 14.5 Å². The number of hydrogen-bond acceptors (Lipinski definition) is 4. The number of carbonyl (C=O) groups is 2. The smallest absolute Gasteiger partial charge is 0.270 e. The van der Waals surface area contributed by atoms with Gasteiger partial charge < -0.3 is 10.6 Å². The van der Waals surface area contributed by atoms with Crippen LogP contribution in [0.4, 0.5) is 17.1 Å². The summed E-state index contributed by atoms with van der Waals surface area (Å²) in [6.07, 6.45) is 0. The molecule has 29 heavy (non-hydrogen) atoms. The van der Waals surface area contributed by atoms with Gasteiger partial charge in [-0.15, -0.1) is 0 Å². The number of carbonyl (C=O) groups excluding carboxylic acids is 2. The Kier molecular flexibility index (Phi) is 6.11. The Balaban J connectivity index is 1.69. The molecule has 0 atom stereocenters. The molecule has 0 aromatic heterocycles. The van der Waals surface area contributed by atoms with Crippen LogP contribution in [0.5, 0.6) is 0 Å². The fourth-order valence-electron chi connectivity index (χ4n) is 2.47. The highest BCUT2D eigenvalue weighted by atomic mass is 35.5. The predicted molar refractivity (Wildman–Crippen MR) is 112 cm³/mol. The number of nitro benzene ring substituents is 1. The lowest BCUT2D eigenvalue weighted by Crippen LogP contribution is -2.14. The molecule has 0 aliphatic carbocycles. The maximum absolute atomic E-state index is 12.4. The Morgan fingerprint density at radius 2 is 1.45 bits per heavy atom. The van der Waals surface area contributed by atoms with Crippen LogP contribution >= 0.6 is 23.2 Å². The van der Waals surface area contributed by atoms with Gasteiger partial charge in [0.25, 0.3) is 17.5 Å². The van der Waals surface area contributed by atoms with Crippen LogP contribution in [0, 0.1) is 10.1 Å². The molecule has 0 saturated heterocycles. The van der Waals surface area contributed by atoms with Gasteiger partial charge >= 0.3 is 0 Å². The van der Waals surface area contributed by atoms with Crippen LogP contribution in [0.3, 0.4) is 0 Å². The lowest BCUT2D eigenvalue weighted by Gasteiger charge is -2.09. The molecule has 3 aromatic rings. The fourth-order valence-corrected chi connectivity index (χ4v) is 2.86. The minimum absolute atomic E-state index is 0.0146. The normalized spacial score (nSPS) is 10.3. The second-order valence-electron chi connectivity index (χ2n) is 5.92. The van der Waals surface area contributed by atoms with E-state index < -0.39 is 10.8 Å². The molecule has 146 valence electrons. The molecule has 9 heteroatoms. The van der Waals surface area contributed by atoms with Gasteiger partial charge in [0, 0.05) is 34.1 Å². The van der Waals surface area contributed by atoms with E-state index >= 15 is 0 Å². The molecular formula is C20H13Cl2N3O4. The van der Waals surface area contributed by atoms with E-state index in [1.165, 1.54) is 12.1 Å². The molecule has 0 aliphatic heterocycles. The van der Waals surface area contributed by atoms with Gasteiger partial charge in [-0.05, 0) is 48.5 Å². The number of benzene rings is 3. The zero-order valence-electron chi connectivity index (χ0n) is 14.7. The molecule has 2 N–H and O–H groups in total. The summed E-state index contributed by atoms with van der Waals surface area (Å²) in [6, 6.07) is 16.5. The van der Waals surface area contributed by atoms with Crippen molar-refractivity contribution in [3.05, 3.63) is 98.0 Å². The molecule has 0 saturated carbocycles. The monoisotopic (exact) mass is 429 g/mol. The average Bonchev–Trinajstić information content (AvgIpc) is 2.69. The van der Waals surface area contributed by atoms with Crippen molar-refractivity contribution in [2.24, 2.45) is 0 Å². The molecule has 0 radical (unpaired) electrons. The standard InChI is InChI=1S/C20H13Cl2N3O4/c21-13-3-1-2-12(10-13)19(26)23-14-4-6-15(7-5-14)24-20(27)17-11-16(25(28)29)8-9-18(17)22/h1-11H,(H,23,26)(H,24,27). The van der Waals surface area contributed by atoms with Crippen LogP contribution in [-0.2, 0) is 0 Å². The Morgan fingerprint density at radius 3 is 2.03 bits per heavy atom. The van der Waals surface area contributed by atoms with E-state index in [1.807, 2.05) is 0 Å². The molecule has 0 fully saturated rings. The Labute approximate surface area is 175 Å². The molecule has 3 aromatic carbocycles. The Bertz CT molecular complexity index is 1100. The summed E-state index contributed by atoms with van der Waals surface area (Å²) in [4.78, 5) is 34.9. The molecule has 2 amide bonds. The molecule has 3 rings (SSSR count). The quantitative estimate of drug-likeness (QED) is 0.418. The lowest BCUT2D eigenvalue weighted by atomic mass is 10.1. The molecular weight excluding hydrogens is 417 g/mol. The number of nitrogens with one attached hydrogen (secondary N) is 2. The van der Waals surface area contributed by atoms with Crippen LogP contribution in [0.1, 0.15) is 20.7 Å². The molecule has 0 spiro atoms. The van der Waals surface area contributed by atoms with Gasteiger partial charge in [0.1, 0.15) is 0 Å². The van der Waals surface area contributed by atoms with Crippen LogP contribution in [0.15, 0.2) is 66.7 Å². The Hall–Kier alpha value is -3.42. The zero-order chi connectivity index (χ0) is 21.0. The number of nitrogens with zero attached hydrogens (tertiary/aromatic N) is 1. The van der Waals surface area contributed by atoms with Gasteiger partial charge in [0.2, 0.25) is 0 Å². The van der Waals surface area contributed by atoms with Crippen LogP contribution in [0.25, 0.3) is 0 Å². The highest BCUT2D eigenvalue weighted by Gasteiger charge is 2.16. The first kappa shape index (κ1) is 20.3. The highest BCUT2D eigenvalue weighted by Crippen LogP contribution is 2.24. The van der Waals surface area contributed by atoms with E-state index in [0.717, 1.165) is 6.07 Å². The van der Waals surface area contributed by atoms with Gasteiger partial charge in [-0.1, -0.05) is 29.3 Å². The SMILES string of the molecule is O=C(Nc1ccc(NC(=O)c2cc([N+](=O)[O-])ccc2Cl)cc1)c1cccc(Cl)c1. The number of nitro groups is 1. The molecule has 0 unspecified atom stereocenters. The van der Waals surface area contributed by atoms with Gasteiger partial charge in [-0.2, -0.15) is 0 Å². The second kappa shape index (κ2) is 8.72. The molecule has 0 bridgehead atoms. The molecule has 0 aliphatic rings. The van der Waals surface area contributed by atoms with E-state index in [9.17, 15) is 19.7 Å². The summed E-state index contributed by atoms with van der Waals surface area (Å²) in [5.41, 5.74) is 1.10. The minimum Gasteiger partial charge on any atom is -0.322 e. The van der Waals surface area contributed by atoms with Crippen molar-refractivity contribution in [2.45, 2.75) is 0 Å². The van der Waals surface area contributed by atoms with Crippen molar-refractivity contribution in [1.82, 2.24) is 0 Å². The predicted octanol–water partition coefficient (Wildman–Crippen LogP) is 5.41. The largest absolute Gasteiger partial charge is 0.322 e. The summed E-state index contributed by atoms with van der Waals surface area (Å²) in [6.45, 7) is 0. The number of hydrogen-bond donors (Lipinski definition) is 2. The summed E-state index contributed by atoms with van der Waals surface area (Å²) >= 11 is 11.9. The van der Waals surface area contributed by atoms with Crippen molar-refractivity contribution in [1.29, 1.82) is 0 Å². The number of non-ortho nitro benzene ring substituents is 1. The van der Waals surface area contributed by atoms with Gasteiger partial charge in [0.15, 0.2) is 0 Å². The summed E-state index contributed by atoms with van der Waals surface area (Å²) < 4.78 is 0.